The van der Waals surface area contributed by atoms with Gasteiger partial charge in [-0.25, -0.2) is 4.68 Å². The molecule has 0 aliphatic carbocycles. The van der Waals surface area contributed by atoms with Gasteiger partial charge in [0.15, 0.2) is 0 Å². The van der Waals surface area contributed by atoms with Crippen LogP contribution in [0.1, 0.15) is 17.9 Å². The molecule has 2 heterocycles. The highest BCUT2D eigenvalue weighted by Gasteiger charge is 2.21. The molecule has 1 aromatic heterocycles. The molecule has 0 saturated carbocycles. The number of fused-ring (bicyclic) bond motifs is 1. The van der Waals surface area contributed by atoms with Crippen molar-refractivity contribution in [3.8, 4) is 5.75 Å². The van der Waals surface area contributed by atoms with Gasteiger partial charge in [-0.2, -0.15) is 5.10 Å². The number of anilines is 1. The summed E-state index contributed by atoms with van der Waals surface area (Å²) >= 11 is 0. The minimum atomic E-state index is -0.163. The van der Waals surface area contributed by atoms with E-state index in [0.29, 0.717) is 18.8 Å². The summed E-state index contributed by atoms with van der Waals surface area (Å²) in [6.45, 7) is 1.23. The number of para-hydroxylation sites is 1. The number of rotatable bonds is 2. The fourth-order valence-corrected chi connectivity index (χ4v) is 2.40. The van der Waals surface area contributed by atoms with Crippen molar-refractivity contribution < 1.29 is 4.74 Å². The summed E-state index contributed by atoms with van der Waals surface area (Å²) < 4.78 is 7.07. The lowest BCUT2D eigenvalue weighted by molar-refractivity contribution is 0.255. The number of benzene rings is 1. The van der Waals surface area contributed by atoms with Crippen LogP contribution in [0.5, 0.6) is 5.75 Å². The Balaban J connectivity index is 1.90. The number of ether oxygens (including phenoxy) is 1. The molecule has 3 rings (SSSR count). The first kappa shape index (κ1) is 11.8. The summed E-state index contributed by atoms with van der Waals surface area (Å²) in [6, 6.07) is 9.34. The first-order valence-electron chi connectivity index (χ1n) is 6.28. The summed E-state index contributed by atoms with van der Waals surface area (Å²) in [5, 5.41) is 4.08. The summed E-state index contributed by atoms with van der Waals surface area (Å²) in [6.07, 6.45) is 2.39. The number of hydrogen-bond donors (Lipinski definition) is 1. The summed E-state index contributed by atoms with van der Waals surface area (Å²) in [5.74, 6) is 1.15. The maximum Gasteiger partial charge on any atom is 0.268 e. The number of nitrogens with zero attached hydrogens (tertiary/aromatic N) is 2. The van der Waals surface area contributed by atoms with Gasteiger partial charge in [0.1, 0.15) is 5.75 Å². The maximum absolute atomic E-state index is 11.8. The Morgan fingerprint density at radius 1 is 1.42 bits per heavy atom. The Morgan fingerprint density at radius 3 is 3.11 bits per heavy atom. The molecule has 2 N–H and O–H groups in total. The first-order valence-corrected chi connectivity index (χ1v) is 6.28. The molecule has 2 aromatic rings. The molecule has 1 aromatic carbocycles. The fraction of sp³-hybridized carbons (Fsp3) is 0.286. The number of aromatic nitrogens is 2. The molecule has 0 bridgehead atoms. The van der Waals surface area contributed by atoms with Crippen LogP contribution in [0.25, 0.3) is 0 Å². The summed E-state index contributed by atoms with van der Waals surface area (Å²) in [7, 11) is 0. The van der Waals surface area contributed by atoms with Crippen molar-refractivity contribution in [1.82, 2.24) is 9.78 Å². The van der Waals surface area contributed by atoms with Gasteiger partial charge in [0.2, 0.25) is 0 Å². The second-order valence-electron chi connectivity index (χ2n) is 4.68. The van der Waals surface area contributed by atoms with Crippen LogP contribution >= 0.6 is 0 Å². The second-order valence-corrected chi connectivity index (χ2v) is 4.68. The molecule has 5 heteroatoms. The zero-order valence-corrected chi connectivity index (χ0v) is 10.5. The van der Waals surface area contributed by atoms with Gasteiger partial charge in [-0.1, -0.05) is 18.2 Å². The highest BCUT2D eigenvalue weighted by atomic mass is 16.5. The van der Waals surface area contributed by atoms with Crippen LogP contribution in [0, 0.1) is 0 Å². The highest BCUT2D eigenvalue weighted by molar-refractivity contribution is 5.37. The Morgan fingerprint density at radius 2 is 2.26 bits per heavy atom. The van der Waals surface area contributed by atoms with Crippen molar-refractivity contribution in [2.75, 3.05) is 12.3 Å². The predicted molar refractivity (Wildman–Crippen MR) is 72.2 cm³/mol. The minimum absolute atomic E-state index is 0.163. The molecule has 5 nitrogen and oxygen atoms in total. The standard InChI is InChI=1S/C14H15N3O2/c15-11-7-14(18)17(16-8-11)9-10-5-6-19-13-4-2-1-3-12(10)13/h1-4,7-8,10H,5-6,9,15H2. The summed E-state index contributed by atoms with van der Waals surface area (Å²) in [5.41, 5.74) is 6.91. The lowest BCUT2D eigenvalue weighted by atomic mass is 9.93. The molecule has 1 unspecified atom stereocenters. The normalized spacial score (nSPS) is 17.6. The van der Waals surface area contributed by atoms with Crippen molar-refractivity contribution in [3.05, 3.63) is 52.4 Å². The van der Waals surface area contributed by atoms with E-state index >= 15 is 0 Å². The zero-order valence-electron chi connectivity index (χ0n) is 10.5. The average molecular weight is 257 g/mol. The van der Waals surface area contributed by atoms with Gasteiger partial charge in [0.25, 0.3) is 5.56 Å². The Kier molecular flexibility index (Phi) is 2.95. The molecule has 0 spiro atoms. The van der Waals surface area contributed by atoms with E-state index in [0.717, 1.165) is 17.7 Å². The molecule has 0 saturated heterocycles. The maximum atomic E-state index is 11.8. The van der Waals surface area contributed by atoms with Gasteiger partial charge in [0, 0.05) is 12.0 Å². The van der Waals surface area contributed by atoms with E-state index in [-0.39, 0.29) is 11.5 Å². The lowest BCUT2D eigenvalue weighted by Gasteiger charge is -2.25. The molecular formula is C14H15N3O2. The monoisotopic (exact) mass is 257 g/mol. The lowest BCUT2D eigenvalue weighted by Crippen LogP contribution is -2.27. The van der Waals surface area contributed by atoms with E-state index in [2.05, 4.69) is 5.10 Å². The van der Waals surface area contributed by atoms with Crippen LogP contribution in [-0.2, 0) is 6.54 Å². The van der Waals surface area contributed by atoms with Crippen LogP contribution in [0.2, 0.25) is 0 Å². The largest absolute Gasteiger partial charge is 0.493 e. The van der Waals surface area contributed by atoms with Crippen molar-refractivity contribution in [1.29, 1.82) is 0 Å². The van der Waals surface area contributed by atoms with Crippen LogP contribution < -0.4 is 16.0 Å². The van der Waals surface area contributed by atoms with E-state index in [9.17, 15) is 4.79 Å². The highest BCUT2D eigenvalue weighted by Crippen LogP contribution is 2.33. The molecule has 1 atom stereocenters. The minimum Gasteiger partial charge on any atom is -0.493 e. The van der Waals surface area contributed by atoms with Crippen LogP contribution in [0.3, 0.4) is 0 Å². The van der Waals surface area contributed by atoms with E-state index < -0.39 is 0 Å². The number of nitrogen functional groups attached to an aromatic ring is 1. The van der Waals surface area contributed by atoms with Crippen molar-refractivity contribution in [2.24, 2.45) is 0 Å². The molecular weight excluding hydrogens is 242 g/mol. The molecule has 98 valence electrons. The molecule has 0 fully saturated rings. The SMILES string of the molecule is Nc1cnn(CC2CCOc3ccccc32)c(=O)c1. The number of nitrogens with two attached hydrogens (primary N) is 1. The molecule has 1 aliphatic heterocycles. The topological polar surface area (TPSA) is 70.1 Å². The van der Waals surface area contributed by atoms with Crippen molar-refractivity contribution >= 4 is 5.69 Å². The zero-order chi connectivity index (χ0) is 13.2. The Bertz CT molecular complexity index is 651. The van der Waals surface area contributed by atoms with Crippen molar-refractivity contribution in [2.45, 2.75) is 18.9 Å². The predicted octanol–water partition coefficient (Wildman–Crippen LogP) is 1.39. The molecule has 0 amide bonds. The number of hydrogen-bond acceptors (Lipinski definition) is 4. The van der Waals surface area contributed by atoms with E-state index in [1.807, 2.05) is 24.3 Å². The Hall–Kier alpha value is -2.30. The van der Waals surface area contributed by atoms with Gasteiger partial charge in [-0.05, 0) is 18.1 Å². The Labute approximate surface area is 110 Å². The smallest absolute Gasteiger partial charge is 0.268 e. The van der Waals surface area contributed by atoms with Gasteiger partial charge >= 0.3 is 0 Å². The van der Waals surface area contributed by atoms with Crippen molar-refractivity contribution in [3.63, 3.8) is 0 Å². The van der Waals surface area contributed by atoms with E-state index in [1.54, 1.807) is 0 Å². The van der Waals surface area contributed by atoms with Gasteiger partial charge in [-0.15, -0.1) is 0 Å². The van der Waals surface area contributed by atoms with E-state index in [4.69, 9.17) is 10.5 Å². The van der Waals surface area contributed by atoms with E-state index in [1.165, 1.54) is 16.9 Å². The first-order chi connectivity index (χ1) is 9.24. The second kappa shape index (κ2) is 4.76. The summed E-state index contributed by atoms with van der Waals surface area (Å²) in [4.78, 5) is 11.8. The van der Waals surface area contributed by atoms with Gasteiger partial charge in [-0.3, -0.25) is 4.79 Å². The fourth-order valence-electron chi connectivity index (χ4n) is 2.40. The third kappa shape index (κ3) is 2.31. The van der Waals surface area contributed by atoms with Crippen LogP contribution in [0.15, 0.2) is 41.3 Å². The molecule has 19 heavy (non-hydrogen) atoms. The third-order valence-electron chi connectivity index (χ3n) is 3.37. The molecule has 0 radical (unpaired) electrons. The van der Waals surface area contributed by atoms with Gasteiger partial charge in [0.05, 0.1) is 25.0 Å². The van der Waals surface area contributed by atoms with Crippen LogP contribution in [-0.4, -0.2) is 16.4 Å². The molecule has 1 aliphatic rings. The quantitative estimate of drug-likeness (QED) is 0.882. The van der Waals surface area contributed by atoms with Crippen LogP contribution in [0.4, 0.5) is 5.69 Å². The average Bonchev–Trinajstić information content (AvgIpc) is 2.42. The van der Waals surface area contributed by atoms with Gasteiger partial charge < -0.3 is 10.5 Å². The third-order valence-corrected chi connectivity index (χ3v) is 3.37.